The average Bonchev–Trinajstić information content (AvgIpc) is 2.65. The van der Waals surface area contributed by atoms with Crippen LogP contribution in [0.3, 0.4) is 0 Å². The SMILES string of the molecule is CC1CCCN(C(C(=O)NN)c2ccccc2)CC1. The first-order valence-electron chi connectivity index (χ1n) is 7.02. The van der Waals surface area contributed by atoms with Gasteiger partial charge in [-0.25, -0.2) is 5.84 Å². The number of likely N-dealkylation sites (tertiary alicyclic amines) is 1. The molecule has 3 N–H and O–H groups in total. The first-order valence-corrected chi connectivity index (χ1v) is 7.02. The molecule has 1 fully saturated rings. The van der Waals surface area contributed by atoms with Gasteiger partial charge >= 0.3 is 0 Å². The summed E-state index contributed by atoms with van der Waals surface area (Å²) in [7, 11) is 0. The van der Waals surface area contributed by atoms with Crippen LogP contribution in [0.1, 0.15) is 37.8 Å². The third-order valence-corrected chi connectivity index (χ3v) is 3.92. The molecule has 2 rings (SSSR count). The summed E-state index contributed by atoms with van der Waals surface area (Å²) < 4.78 is 0. The zero-order valence-electron chi connectivity index (χ0n) is 11.5. The molecular weight excluding hydrogens is 238 g/mol. The molecule has 1 aromatic rings. The van der Waals surface area contributed by atoms with E-state index in [0.29, 0.717) is 0 Å². The van der Waals surface area contributed by atoms with Gasteiger partial charge in [-0.3, -0.25) is 15.1 Å². The number of nitrogens with two attached hydrogens (primary N) is 1. The van der Waals surface area contributed by atoms with Crippen LogP contribution in [0.25, 0.3) is 0 Å². The minimum absolute atomic E-state index is 0.124. The Morgan fingerprint density at radius 2 is 2.05 bits per heavy atom. The molecule has 0 aromatic heterocycles. The number of carbonyl (C=O) groups is 1. The highest BCUT2D eigenvalue weighted by Gasteiger charge is 2.28. The molecule has 0 spiro atoms. The smallest absolute Gasteiger partial charge is 0.255 e. The van der Waals surface area contributed by atoms with Crippen molar-refractivity contribution in [1.29, 1.82) is 0 Å². The van der Waals surface area contributed by atoms with Crippen molar-refractivity contribution in [3.63, 3.8) is 0 Å². The van der Waals surface area contributed by atoms with E-state index in [-0.39, 0.29) is 11.9 Å². The van der Waals surface area contributed by atoms with Crippen molar-refractivity contribution < 1.29 is 4.79 Å². The molecule has 2 unspecified atom stereocenters. The lowest BCUT2D eigenvalue weighted by molar-refractivity contribution is -0.126. The maximum Gasteiger partial charge on any atom is 0.255 e. The third-order valence-electron chi connectivity index (χ3n) is 3.92. The van der Waals surface area contributed by atoms with Gasteiger partial charge < -0.3 is 0 Å². The topological polar surface area (TPSA) is 58.4 Å². The summed E-state index contributed by atoms with van der Waals surface area (Å²) in [6, 6.07) is 9.61. The van der Waals surface area contributed by atoms with Crippen LogP contribution >= 0.6 is 0 Å². The number of nitrogens with zero attached hydrogens (tertiary/aromatic N) is 1. The molecule has 0 saturated carbocycles. The van der Waals surface area contributed by atoms with Gasteiger partial charge in [-0.1, -0.05) is 37.3 Å². The molecule has 1 aliphatic rings. The van der Waals surface area contributed by atoms with E-state index in [0.717, 1.165) is 37.4 Å². The van der Waals surface area contributed by atoms with E-state index >= 15 is 0 Å². The largest absolute Gasteiger partial charge is 0.293 e. The fourth-order valence-corrected chi connectivity index (χ4v) is 2.79. The fourth-order valence-electron chi connectivity index (χ4n) is 2.79. The van der Waals surface area contributed by atoms with Crippen molar-refractivity contribution in [2.45, 2.75) is 32.2 Å². The van der Waals surface area contributed by atoms with Crippen LogP contribution in [0.4, 0.5) is 0 Å². The highest BCUT2D eigenvalue weighted by Crippen LogP contribution is 2.26. The van der Waals surface area contributed by atoms with Crippen molar-refractivity contribution in [3.05, 3.63) is 35.9 Å². The lowest BCUT2D eigenvalue weighted by atomic mass is 10.0. The molecule has 0 radical (unpaired) electrons. The molecule has 1 aromatic carbocycles. The lowest BCUT2D eigenvalue weighted by Gasteiger charge is -2.29. The number of rotatable bonds is 3. The molecule has 4 nitrogen and oxygen atoms in total. The van der Waals surface area contributed by atoms with Crippen LogP contribution in [0.2, 0.25) is 0 Å². The van der Waals surface area contributed by atoms with Gasteiger partial charge in [0, 0.05) is 0 Å². The molecule has 0 aliphatic carbocycles. The normalized spacial score (nSPS) is 22.5. The zero-order chi connectivity index (χ0) is 13.7. The van der Waals surface area contributed by atoms with Crippen LogP contribution in [0.5, 0.6) is 0 Å². The van der Waals surface area contributed by atoms with Gasteiger partial charge in [0.15, 0.2) is 0 Å². The van der Waals surface area contributed by atoms with E-state index in [2.05, 4.69) is 17.2 Å². The van der Waals surface area contributed by atoms with E-state index in [1.54, 1.807) is 0 Å². The van der Waals surface area contributed by atoms with Crippen LogP contribution in [0, 0.1) is 5.92 Å². The molecule has 104 valence electrons. The number of hydrogen-bond donors (Lipinski definition) is 2. The minimum Gasteiger partial charge on any atom is -0.293 e. The molecule has 1 heterocycles. The van der Waals surface area contributed by atoms with Gasteiger partial charge in [0.05, 0.1) is 0 Å². The predicted molar refractivity (Wildman–Crippen MR) is 76.1 cm³/mol. The number of amides is 1. The van der Waals surface area contributed by atoms with Gasteiger partial charge in [-0.2, -0.15) is 0 Å². The van der Waals surface area contributed by atoms with Crippen molar-refractivity contribution in [2.24, 2.45) is 11.8 Å². The summed E-state index contributed by atoms with van der Waals surface area (Å²) in [6.07, 6.45) is 3.52. The summed E-state index contributed by atoms with van der Waals surface area (Å²) in [5.74, 6) is 5.97. The predicted octanol–water partition coefficient (Wildman–Crippen LogP) is 1.84. The Bertz CT molecular complexity index is 407. The molecule has 1 aliphatic heterocycles. The van der Waals surface area contributed by atoms with Crippen molar-refractivity contribution >= 4 is 5.91 Å². The van der Waals surface area contributed by atoms with E-state index in [1.165, 1.54) is 6.42 Å². The Morgan fingerprint density at radius 1 is 1.32 bits per heavy atom. The van der Waals surface area contributed by atoms with E-state index in [9.17, 15) is 4.79 Å². The zero-order valence-corrected chi connectivity index (χ0v) is 11.5. The monoisotopic (exact) mass is 261 g/mol. The summed E-state index contributed by atoms with van der Waals surface area (Å²) in [5.41, 5.74) is 3.33. The van der Waals surface area contributed by atoms with Crippen molar-refractivity contribution in [2.75, 3.05) is 13.1 Å². The maximum absolute atomic E-state index is 12.1. The Morgan fingerprint density at radius 3 is 2.74 bits per heavy atom. The summed E-state index contributed by atoms with van der Waals surface area (Å²) in [6.45, 7) is 4.19. The Labute approximate surface area is 114 Å². The van der Waals surface area contributed by atoms with Crippen LogP contribution < -0.4 is 11.3 Å². The Kier molecular flexibility index (Phi) is 4.93. The number of benzene rings is 1. The number of carbonyl (C=O) groups excluding carboxylic acids is 1. The van der Waals surface area contributed by atoms with Crippen LogP contribution in [-0.4, -0.2) is 23.9 Å². The molecular formula is C15H23N3O. The molecule has 0 bridgehead atoms. The standard InChI is InChI=1S/C15H23N3O/c1-12-6-5-10-18(11-9-12)14(15(19)17-16)13-7-3-2-4-8-13/h2-4,7-8,12,14H,5-6,9-11,16H2,1H3,(H,17,19). The summed E-state index contributed by atoms with van der Waals surface area (Å²) >= 11 is 0. The second-order valence-corrected chi connectivity index (χ2v) is 5.39. The lowest BCUT2D eigenvalue weighted by Crippen LogP contribution is -2.43. The van der Waals surface area contributed by atoms with Crippen LogP contribution in [-0.2, 0) is 4.79 Å². The summed E-state index contributed by atoms with van der Waals surface area (Å²) in [4.78, 5) is 14.4. The minimum atomic E-state index is -0.267. The Balaban J connectivity index is 2.20. The Hall–Kier alpha value is -1.39. The number of hydrazine groups is 1. The average molecular weight is 261 g/mol. The first kappa shape index (κ1) is 14.0. The summed E-state index contributed by atoms with van der Waals surface area (Å²) in [5, 5.41) is 0. The molecule has 1 saturated heterocycles. The molecule has 4 heteroatoms. The van der Waals surface area contributed by atoms with Gasteiger partial charge in [0.1, 0.15) is 6.04 Å². The molecule has 1 amide bonds. The molecule has 19 heavy (non-hydrogen) atoms. The second-order valence-electron chi connectivity index (χ2n) is 5.39. The van der Waals surface area contributed by atoms with Gasteiger partial charge in [0.2, 0.25) is 0 Å². The van der Waals surface area contributed by atoms with Crippen LogP contribution in [0.15, 0.2) is 30.3 Å². The van der Waals surface area contributed by atoms with Gasteiger partial charge in [-0.15, -0.1) is 0 Å². The van der Waals surface area contributed by atoms with Crippen molar-refractivity contribution in [1.82, 2.24) is 10.3 Å². The fraction of sp³-hybridized carbons (Fsp3) is 0.533. The third kappa shape index (κ3) is 3.55. The highest BCUT2D eigenvalue weighted by molar-refractivity contribution is 5.82. The first-order chi connectivity index (χ1) is 9.22. The van der Waals surface area contributed by atoms with E-state index in [4.69, 9.17) is 5.84 Å². The quantitative estimate of drug-likeness (QED) is 0.496. The van der Waals surface area contributed by atoms with Gasteiger partial charge in [0.25, 0.3) is 5.91 Å². The highest BCUT2D eigenvalue weighted by atomic mass is 16.2. The van der Waals surface area contributed by atoms with Crippen molar-refractivity contribution in [3.8, 4) is 0 Å². The number of nitrogens with one attached hydrogen (secondary N) is 1. The van der Waals surface area contributed by atoms with Gasteiger partial charge in [-0.05, 0) is 43.8 Å². The number of hydrogen-bond acceptors (Lipinski definition) is 3. The maximum atomic E-state index is 12.1. The van der Waals surface area contributed by atoms with E-state index in [1.807, 2.05) is 30.3 Å². The second kappa shape index (κ2) is 6.68. The van der Waals surface area contributed by atoms with E-state index < -0.39 is 0 Å². The molecule has 2 atom stereocenters.